The summed E-state index contributed by atoms with van der Waals surface area (Å²) < 4.78 is 0. The van der Waals surface area contributed by atoms with Crippen LogP contribution >= 0.6 is 0 Å². The lowest BCUT2D eigenvalue weighted by atomic mass is 10.0. The van der Waals surface area contributed by atoms with Gasteiger partial charge in [0.05, 0.1) is 0 Å². The van der Waals surface area contributed by atoms with E-state index in [9.17, 15) is 0 Å². The van der Waals surface area contributed by atoms with Crippen molar-refractivity contribution in [1.29, 1.82) is 0 Å². The molecule has 0 nitrogen and oxygen atoms in total. The Morgan fingerprint density at radius 3 is 2.25 bits per heavy atom. The molecule has 0 heterocycles. The summed E-state index contributed by atoms with van der Waals surface area (Å²) in [5.41, 5.74) is 4.05. The second-order valence-corrected chi connectivity index (χ2v) is 4.14. The lowest BCUT2D eigenvalue weighted by Gasteiger charge is -2.02. The Balaban J connectivity index is 1.82. The fraction of sp³-hybridized carbons (Fsp3) is 0.188. The van der Waals surface area contributed by atoms with Crippen molar-refractivity contribution in [3.63, 3.8) is 0 Å². The zero-order valence-electron chi connectivity index (χ0n) is 9.69. The molecule has 0 aliphatic rings. The van der Waals surface area contributed by atoms with Crippen molar-refractivity contribution in [3.8, 4) is 0 Å². The average Bonchev–Trinajstić information content (AvgIpc) is 2.33. The van der Waals surface area contributed by atoms with Crippen LogP contribution in [0.1, 0.15) is 23.1 Å². The molecule has 0 fully saturated rings. The van der Waals surface area contributed by atoms with Crippen LogP contribution < -0.4 is 0 Å². The van der Waals surface area contributed by atoms with Crippen LogP contribution in [0, 0.1) is 13.3 Å². The second-order valence-electron chi connectivity index (χ2n) is 4.14. The number of aryl methyl sites for hydroxylation is 2. The Hall–Kier alpha value is -1.56. The standard InChI is InChI=1S/C16H17/c1-14-10-12-16(13-11-14)9-5-8-15-6-3-2-4-7-15/h2-4,6-7,9-13H,5,8H2,1H3. The molecular formula is C16H17. The molecule has 2 aromatic carbocycles. The number of hydrogen-bond acceptors (Lipinski definition) is 0. The van der Waals surface area contributed by atoms with Gasteiger partial charge in [0.1, 0.15) is 0 Å². The molecule has 0 saturated carbocycles. The first kappa shape index (κ1) is 10.9. The van der Waals surface area contributed by atoms with E-state index in [4.69, 9.17) is 0 Å². The van der Waals surface area contributed by atoms with E-state index in [1.807, 2.05) is 0 Å². The highest BCUT2D eigenvalue weighted by atomic mass is 14.0. The molecule has 0 saturated heterocycles. The van der Waals surface area contributed by atoms with Crippen molar-refractivity contribution in [1.82, 2.24) is 0 Å². The van der Waals surface area contributed by atoms with Crippen LogP contribution in [-0.4, -0.2) is 0 Å². The van der Waals surface area contributed by atoms with Crippen LogP contribution in [-0.2, 0) is 6.42 Å². The monoisotopic (exact) mass is 209 g/mol. The molecular weight excluding hydrogens is 192 g/mol. The van der Waals surface area contributed by atoms with Crippen molar-refractivity contribution in [3.05, 3.63) is 77.7 Å². The highest BCUT2D eigenvalue weighted by Gasteiger charge is 1.95. The van der Waals surface area contributed by atoms with Crippen LogP contribution in [0.2, 0.25) is 0 Å². The van der Waals surface area contributed by atoms with Gasteiger partial charge in [0.2, 0.25) is 0 Å². The predicted molar refractivity (Wildman–Crippen MR) is 69.3 cm³/mol. The first-order valence-electron chi connectivity index (χ1n) is 5.78. The third kappa shape index (κ3) is 3.23. The highest BCUT2D eigenvalue weighted by Crippen LogP contribution is 2.10. The molecule has 0 spiro atoms. The predicted octanol–water partition coefficient (Wildman–Crippen LogP) is 4.18. The minimum absolute atomic E-state index is 1.10. The van der Waals surface area contributed by atoms with Crippen LogP contribution in [0.4, 0.5) is 0 Å². The SMILES string of the molecule is Cc1ccc([CH]CCc2ccccc2)cc1. The van der Waals surface area contributed by atoms with Crippen LogP contribution in [0.15, 0.2) is 54.6 Å². The lowest BCUT2D eigenvalue weighted by molar-refractivity contribution is 0.951. The molecule has 81 valence electrons. The summed E-state index contributed by atoms with van der Waals surface area (Å²) >= 11 is 0. The summed E-state index contributed by atoms with van der Waals surface area (Å²) in [7, 11) is 0. The first-order valence-corrected chi connectivity index (χ1v) is 5.78. The Morgan fingerprint density at radius 2 is 1.56 bits per heavy atom. The number of hydrogen-bond donors (Lipinski definition) is 0. The van der Waals surface area contributed by atoms with Crippen LogP contribution in [0.3, 0.4) is 0 Å². The summed E-state index contributed by atoms with van der Waals surface area (Å²) in [6.45, 7) is 2.12. The zero-order valence-corrected chi connectivity index (χ0v) is 9.69. The molecule has 1 radical (unpaired) electrons. The normalized spacial score (nSPS) is 10.3. The molecule has 0 aromatic heterocycles. The topological polar surface area (TPSA) is 0 Å². The highest BCUT2D eigenvalue weighted by molar-refractivity contribution is 5.27. The molecule has 0 heteroatoms. The maximum absolute atomic E-state index is 2.30. The Kier molecular flexibility index (Phi) is 3.76. The summed E-state index contributed by atoms with van der Waals surface area (Å²) in [6.07, 6.45) is 4.52. The van der Waals surface area contributed by atoms with E-state index in [0.29, 0.717) is 0 Å². The summed E-state index contributed by atoms with van der Waals surface area (Å²) in [5, 5.41) is 0. The maximum Gasteiger partial charge on any atom is -0.00898 e. The van der Waals surface area contributed by atoms with E-state index in [1.54, 1.807) is 0 Å². The molecule has 16 heavy (non-hydrogen) atoms. The number of benzene rings is 2. The van der Waals surface area contributed by atoms with Crippen LogP contribution in [0.5, 0.6) is 0 Å². The third-order valence-electron chi connectivity index (χ3n) is 2.73. The lowest BCUT2D eigenvalue weighted by Crippen LogP contribution is -1.87. The van der Waals surface area contributed by atoms with Gasteiger partial charge in [-0.3, -0.25) is 0 Å². The molecule has 0 atom stereocenters. The van der Waals surface area contributed by atoms with Crippen LogP contribution in [0.25, 0.3) is 0 Å². The second kappa shape index (κ2) is 5.50. The minimum Gasteiger partial charge on any atom is -0.0622 e. The number of rotatable bonds is 4. The molecule has 0 aliphatic carbocycles. The van der Waals surface area contributed by atoms with E-state index >= 15 is 0 Å². The fourth-order valence-electron chi connectivity index (χ4n) is 1.75. The van der Waals surface area contributed by atoms with Gasteiger partial charge in [0.15, 0.2) is 0 Å². The molecule has 0 unspecified atom stereocenters. The van der Waals surface area contributed by atoms with E-state index in [1.165, 1.54) is 16.7 Å². The van der Waals surface area contributed by atoms with Gasteiger partial charge in [0, 0.05) is 0 Å². The maximum atomic E-state index is 2.30. The van der Waals surface area contributed by atoms with Gasteiger partial charge < -0.3 is 0 Å². The zero-order chi connectivity index (χ0) is 11.2. The van der Waals surface area contributed by atoms with Gasteiger partial charge in [-0.2, -0.15) is 0 Å². The Bertz CT molecular complexity index is 412. The smallest absolute Gasteiger partial charge is 0.00898 e. The minimum atomic E-state index is 1.10. The summed E-state index contributed by atoms with van der Waals surface area (Å²) in [5.74, 6) is 0. The summed E-state index contributed by atoms with van der Waals surface area (Å²) in [4.78, 5) is 0. The van der Waals surface area contributed by atoms with E-state index < -0.39 is 0 Å². The van der Waals surface area contributed by atoms with Gasteiger partial charge in [-0.25, -0.2) is 0 Å². The van der Waals surface area contributed by atoms with E-state index in [2.05, 4.69) is 67.9 Å². The fourth-order valence-corrected chi connectivity index (χ4v) is 1.75. The molecule has 2 aromatic rings. The molecule has 0 N–H and O–H groups in total. The van der Waals surface area contributed by atoms with E-state index in [0.717, 1.165) is 12.8 Å². The third-order valence-corrected chi connectivity index (χ3v) is 2.73. The summed E-state index contributed by atoms with van der Waals surface area (Å²) in [6, 6.07) is 19.3. The molecule has 0 aliphatic heterocycles. The van der Waals surface area contributed by atoms with Gasteiger partial charge in [-0.1, -0.05) is 60.2 Å². The van der Waals surface area contributed by atoms with Crippen molar-refractivity contribution >= 4 is 0 Å². The van der Waals surface area contributed by atoms with Gasteiger partial charge in [-0.15, -0.1) is 0 Å². The van der Waals surface area contributed by atoms with Gasteiger partial charge in [-0.05, 0) is 37.3 Å². The van der Waals surface area contributed by atoms with Crippen molar-refractivity contribution in [2.45, 2.75) is 19.8 Å². The molecule has 2 rings (SSSR count). The quantitative estimate of drug-likeness (QED) is 0.708. The van der Waals surface area contributed by atoms with Crippen molar-refractivity contribution < 1.29 is 0 Å². The van der Waals surface area contributed by atoms with Crippen molar-refractivity contribution in [2.24, 2.45) is 0 Å². The van der Waals surface area contributed by atoms with Crippen molar-refractivity contribution in [2.75, 3.05) is 0 Å². The van der Waals surface area contributed by atoms with E-state index in [-0.39, 0.29) is 0 Å². The molecule has 0 bridgehead atoms. The van der Waals surface area contributed by atoms with Gasteiger partial charge in [0.25, 0.3) is 0 Å². The first-order chi connectivity index (χ1) is 7.84. The Morgan fingerprint density at radius 1 is 0.875 bits per heavy atom. The molecule has 0 amide bonds. The largest absolute Gasteiger partial charge is 0.0622 e. The Labute approximate surface area is 97.9 Å². The van der Waals surface area contributed by atoms with Gasteiger partial charge >= 0.3 is 0 Å². The average molecular weight is 209 g/mol.